The van der Waals surface area contributed by atoms with Crippen molar-refractivity contribution in [3.8, 4) is 5.75 Å². The van der Waals surface area contributed by atoms with Crippen LogP contribution >= 0.6 is 0 Å². The van der Waals surface area contributed by atoms with E-state index in [-0.39, 0.29) is 17.7 Å². The standard InChI is InChI=1S/C18H25N3O3/c19-17(22)13-4-9-21(10-5-13)8-1-7-20-18(23)15-2-3-16-14(12-15)6-11-24-16/h2-3,12-13H,1,4-11H2,(H2,19,22)(H,20,23). The molecular formula is C18H25N3O3. The molecule has 0 atom stereocenters. The number of ether oxygens (including phenoxy) is 1. The van der Waals surface area contributed by atoms with Crippen LogP contribution in [0.1, 0.15) is 35.2 Å². The zero-order valence-electron chi connectivity index (χ0n) is 13.9. The van der Waals surface area contributed by atoms with E-state index < -0.39 is 0 Å². The third-order valence-corrected chi connectivity index (χ3v) is 4.88. The van der Waals surface area contributed by atoms with Crippen LogP contribution in [-0.4, -0.2) is 49.5 Å². The molecule has 2 aliphatic rings. The van der Waals surface area contributed by atoms with Crippen molar-refractivity contribution in [2.75, 3.05) is 32.8 Å². The molecule has 2 aliphatic heterocycles. The van der Waals surface area contributed by atoms with Crippen molar-refractivity contribution >= 4 is 11.8 Å². The molecule has 1 aromatic rings. The Labute approximate surface area is 142 Å². The van der Waals surface area contributed by atoms with Gasteiger partial charge in [-0.05, 0) is 62.7 Å². The van der Waals surface area contributed by atoms with Gasteiger partial charge in [-0.2, -0.15) is 0 Å². The second kappa shape index (κ2) is 7.66. The average molecular weight is 331 g/mol. The van der Waals surface area contributed by atoms with Gasteiger partial charge >= 0.3 is 0 Å². The van der Waals surface area contributed by atoms with E-state index in [4.69, 9.17) is 10.5 Å². The topological polar surface area (TPSA) is 84.7 Å². The lowest BCUT2D eigenvalue weighted by Gasteiger charge is -2.30. The summed E-state index contributed by atoms with van der Waals surface area (Å²) in [6.07, 6.45) is 3.47. The number of likely N-dealkylation sites (tertiary alicyclic amines) is 1. The minimum Gasteiger partial charge on any atom is -0.493 e. The van der Waals surface area contributed by atoms with Crippen LogP contribution in [0.2, 0.25) is 0 Å². The van der Waals surface area contributed by atoms with Crippen LogP contribution in [0.4, 0.5) is 0 Å². The number of rotatable bonds is 6. The first kappa shape index (κ1) is 16.8. The lowest BCUT2D eigenvalue weighted by molar-refractivity contribution is -0.123. The lowest BCUT2D eigenvalue weighted by atomic mass is 9.96. The van der Waals surface area contributed by atoms with Gasteiger partial charge in [-0.1, -0.05) is 0 Å². The smallest absolute Gasteiger partial charge is 0.251 e. The molecule has 6 nitrogen and oxygen atoms in total. The molecule has 130 valence electrons. The Hall–Kier alpha value is -2.08. The molecule has 0 radical (unpaired) electrons. The van der Waals surface area contributed by atoms with Gasteiger partial charge in [-0.3, -0.25) is 9.59 Å². The molecule has 0 spiro atoms. The molecule has 1 aromatic carbocycles. The minimum absolute atomic E-state index is 0.0304. The van der Waals surface area contributed by atoms with Gasteiger partial charge in [0.05, 0.1) is 6.61 Å². The maximum absolute atomic E-state index is 12.2. The third kappa shape index (κ3) is 4.06. The average Bonchev–Trinajstić information content (AvgIpc) is 3.06. The van der Waals surface area contributed by atoms with Crippen LogP contribution < -0.4 is 15.8 Å². The molecule has 3 N–H and O–H groups in total. The Balaban J connectivity index is 1.36. The van der Waals surface area contributed by atoms with Gasteiger partial charge in [0.15, 0.2) is 0 Å². The number of carbonyl (C=O) groups is 2. The molecule has 2 amide bonds. The predicted octanol–water partition coefficient (Wildman–Crippen LogP) is 0.939. The van der Waals surface area contributed by atoms with E-state index in [9.17, 15) is 9.59 Å². The van der Waals surface area contributed by atoms with Gasteiger partial charge in [-0.15, -0.1) is 0 Å². The van der Waals surface area contributed by atoms with Crippen molar-refractivity contribution in [1.29, 1.82) is 0 Å². The fourth-order valence-corrected chi connectivity index (χ4v) is 3.38. The minimum atomic E-state index is -0.179. The van der Waals surface area contributed by atoms with Crippen LogP contribution in [0, 0.1) is 5.92 Å². The molecule has 1 fully saturated rings. The first-order chi connectivity index (χ1) is 11.6. The van der Waals surface area contributed by atoms with Crippen molar-refractivity contribution in [1.82, 2.24) is 10.2 Å². The maximum Gasteiger partial charge on any atom is 0.251 e. The Morgan fingerprint density at radius 2 is 2.08 bits per heavy atom. The second-order valence-corrected chi connectivity index (χ2v) is 6.55. The molecule has 24 heavy (non-hydrogen) atoms. The highest BCUT2D eigenvalue weighted by Crippen LogP contribution is 2.25. The summed E-state index contributed by atoms with van der Waals surface area (Å²) in [4.78, 5) is 25.7. The number of nitrogens with zero attached hydrogens (tertiary/aromatic N) is 1. The van der Waals surface area contributed by atoms with E-state index in [0.717, 1.165) is 56.6 Å². The number of piperidine rings is 1. The van der Waals surface area contributed by atoms with E-state index in [1.165, 1.54) is 0 Å². The van der Waals surface area contributed by atoms with Crippen molar-refractivity contribution in [2.24, 2.45) is 11.7 Å². The first-order valence-corrected chi connectivity index (χ1v) is 8.69. The number of fused-ring (bicyclic) bond motifs is 1. The van der Waals surface area contributed by atoms with Crippen LogP contribution in [0.15, 0.2) is 18.2 Å². The fraction of sp³-hybridized carbons (Fsp3) is 0.556. The van der Waals surface area contributed by atoms with Gasteiger partial charge in [0.25, 0.3) is 5.91 Å². The fourth-order valence-electron chi connectivity index (χ4n) is 3.38. The van der Waals surface area contributed by atoms with Crippen molar-refractivity contribution < 1.29 is 14.3 Å². The molecule has 3 rings (SSSR count). The molecule has 0 bridgehead atoms. The summed E-state index contributed by atoms with van der Waals surface area (Å²) < 4.78 is 5.46. The monoisotopic (exact) mass is 331 g/mol. The van der Waals surface area contributed by atoms with Crippen molar-refractivity contribution in [2.45, 2.75) is 25.7 Å². The second-order valence-electron chi connectivity index (χ2n) is 6.55. The number of carbonyl (C=O) groups excluding carboxylic acids is 2. The Bertz CT molecular complexity index is 610. The SMILES string of the molecule is NC(=O)C1CCN(CCCNC(=O)c2ccc3c(c2)CCO3)CC1. The summed E-state index contributed by atoms with van der Waals surface area (Å²) in [6, 6.07) is 5.61. The number of amides is 2. The molecule has 0 aliphatic carbocycles. The summed E-state index contributed by atoms with van der Waals surface area (Å²) in [5, 5.41) is 2.98. The molecule has 0 aromatic heterocycles. The number of hydrogen-bond donors (Lipinski definition) is 2. The van der Waals surface area contributed by atoms with Crippen LogP contribution in [0.25, 0.3) is 0 Å². The van der Waals surface area contributed by atoms with Crippen LogP contribution in [-0.2, 0) is 11.2 Å². The Morgan fingerprint density at radius 3 is 2.83 bits per heavy atom. The molecule has 1 saturated heterocycles. The van der Waals surface area contributed by atoms with E-state index in [1.54, 1.807) is 0 Å². The number of hydrogen-bond acceptors (Lipinski definition) is 4. The van der Waals surface area contributed by atoms with Crippen molar-refractivity contribution in [3.05, 3.63) is 29.3 Å². The van der Waals surface area contributed by atoms with Crippen molar-refractivity contribution in [3.63, 3.8) is 0 Å². The Morgan fingerprint density at radius 1 is 1.29 bits per heavy atom. The third-order valence-electron chi connectivity index (χ3n) is 4.88. The summed E-state index contributed by atoms with van der Waals surface area (Å²) >= 11 is 0. The van der Waals surface area contributed by atoms with Gasteiger partial charge in [0.2, 0.25) is 5.91 Å². The quantitative estimate of drug-likeness (QED) is 0.760. The van der Waals surface area contributed by atoms with Gasteiger partial charge in [-0.25, -0.2) is 0 Å². The van der Waals surface area contributed by atoms with Crippen LogP contribution in [0.3, 0.4) is 0 Å². The Kier molecular flexibility index (Phi) is 5.35. The summed E-state index contributed by atoms with van der Waals surface area (Å²) in [5.41, 5.74) is 7.15. The number of nitrogens with two attached hydrogens (primary N) is 1. The zero-order chi connectivity index (χ0) is 16.9. The highest BCUT2D eigenvalue weighted by Gasteiger charge is 2.22. The molecule has 6 heteroatoms. The summed E-state index contributed by atoms with van der Waals surface area (Å²) in [5.74, 6) is 0.717. The van der Waals surface area contributed by atoms with Gasteiger partial charge < -0.3 is 20.7 Å². The molecule has 2 heterocycles. The van der Waals surface area contributed by atoms with Gasteiger partial charge in [0.1, 0.15) is 5.75 Å². The van der Waals surface area contributed by atoms with E-state index in [1.807, 2.05) is 18.2 Å². The van der Waals surface area contributed by atoms with E-state index in [0.29, 0.717) is 18.7 Å². The predicted molar refractivity (Wildman–Crippen MR) is 90.9 cm³/mol. The number of benzene rings is 1. The molecular weight excluding hydrogens is 306 g/mol. The molecule has 0 saturated carbocycles. The zero-order valence-corrected chi connectivity index (χ0v) is 13.9. The van der Waals surface area contributed by atoms with E-state index in [2.05, 4.69) is 10.2 Å². The highest BCUT2D eigenvalue weighted by molar-refractivity contribution is 5.94. The normalized spacial score (nSPS) is 18.0. The van der Waals surface area contributed by atoms with E-state index >= 15 is 0 Å². The maximum atomic E-state index is 12.2. The lowest BCUT2D eigenvalue weighted by Crippen LogP contribution is -2.39. The number of primary amides is 1. The highest BCUT2D eigenvalue weighted by atomic mass is 16.5. The molecule has 0 unspecified atom stereocenters. The first-order valence-electron chi connectivity index (χ1n) is 8.69. The summed E-state index contributed by atoms with van der Waals surface area (Å²) in [7, 11) is 0. The largest absolute Gasteiger partial charge is 0.493 e. The summed E-state index contributed by atoms with van der Waals surface area (Å²) in [6.45, 7) is 4.11. The number of nitrogens with one attached hydrogen (secondary N) is 1. The van der Waals surface area contributed by atoms with Crippen LogP contribution in [0.5, 0.6) is 5.75 Å². The van der Waals surface area contributed by atoms with Gasteiger partial charge in [0, 0.05) is 24.4 Å².